The van der Waals surface area contributed by atoms with E-state index in [9.17, 15) is 4.79 Å². The molecule has 2 aromatic rings. The number of oxime groups is 1. The number of hydrogen-bond acceptors (Lipinski definition) is 5. The predicted octanol–water partition coefficient (Wildman–Crippen LogP) is 2.20. The van der Waals surface area contributed by atoms with Crippen molar-refractivity contribution in [2.24, 2.45) is 5.16 Å². The summed E-state index contributed by atoms with van der Waals surface area (Å²) in [5.74, 6) is 1.52. The van der Waals surface area contributed by atoms with E-state index in [1.54, 1.807) is 6.20 Å². The second-order valence-electron chi connectivity index (χ2n) is 7.00. The van der Waals surface area contributed by atoms with Gasteiger partial charge in [0.05, 0.1) is 12.3 Å². The molecule has 0 N–H and O–H groups in total. The van der Waals surface area contributed by atoms with E-state index in [4.69, 9.17) is 4.84 Å². The van der Waals surface area contributed by atoms with Crippen LogP contribution >= 0.6 is 0 Å². The Bertz CT molecular complexity index is 793. The standard InChI is InChI=1S/C19H23N5O2/c1-14-11-17(26-22-14)19(25)23-8-4-16(5-9-23)18-21-7-10-24(18)13-15-3-2-6-20-12-15/h2-3,6-7,10,12,16-17H,4-5,8-9,11,13H2,1H3. The molecular weight excluding hydrogens is 330 g/mol. The zero-order valence-electron chi connectivity index (χ0n) is 14.9. The van der Waals surface area contributed by atoms with Crippen molar-refractivity contribution in [2.75, 3.05) is 13.1 Å². The van der Waals surface area contributed by atoms with Crippen LogP contribution in [-0.2, 0) is 16.2 Å². The van der Waals surface area contributed by atoms with Crippen molar-refractivity contribution in [1.82, 2.24) is 19.4 Å². The molecule has 7 nitrogen and oxygen atoms in total. The number of rotatable bonds is 4. The first-order valence-corrected chi connectivity index (χ1v) is 9.08. The Morgan fingerprint density at radius 1 is 1.31 bits per heavy atom. The molecule has 4 rings (SSSR count). The number of imidazole rings is 1. The molecule has 2 aliphatic rings. The second kappa shape index (κ2) is 7.27. The minimum atomic E-state index is -0.431. The summed E-state index contributed by atoms with van der Waals surface area (Å²) in [6.45, 7) is 4.14. The van der Waals surface area contributed by atoms with E-state index in [2.05, 4.69) is 25.8 Å². The number of carbonyl (C=O) groups is 1. The molecule has 0 spiro atoms. The maximum atomic E-state index is 12.5. The van der Waals surface area contributed by atoms with Gasteiger partial charge < -0.3 is 14.3 Å². The number of nitrogens with zero attached hydrogens (tertiary/aromatic N) is 5. The van der Waals surface area contributed by atoms with Crippen LogP contribution in [0.2, 0.25) is 0 Å². The predicted molar refractivity (Wildman–Crippen MR) is 96.7 cm³/mol. The Hall–Kier alpha value is -2.70. The molecule has 0 aromatic carbocycles. The molecule has 0 saturated carbocycles. The molecule has 136 valence electrons. The lowest BCUT2D eigenvalue weighted by Crippen LogP contribution is -2.43. The number of likely N-dealkylation sites (tertiary alicyclic amines) is 1. The summed E-state index contributed by atoms with van der Waals surface area (Å²) in [7, 11) is 0. The Morgan fingerprint density at radius 2 is 2.15 bits per heavy atom. The van der Waals surface area contributed by atoms with Crippen LogP contribution in [-0.4, -0.2) is 50.2 Å². The first kappa shape index (κ1) is 16.8. The number of carbonyl (C=O) groups excluding carboxylic acids is 1. The van der Waals surface area contributed by atoms with E-state index in [0.29, 0.717) is 12.3 Å². The minimum absolute atomic E-state index is 0.0581. The van der Waals surface area contributed by atoms with Crippen LogP contribution in [0.5, 0.6) is 0 Å². The van der Waals surface area contributed by atoms with Crippen LogP contribution in [0.25, 0.3) is 0 Å². The van der Waals surface area contributed by atoms with Gasteiger partial charge in [-0.1, -0.05) is 11.2 Å². The molecule has 2 aromatic heterocycles. The van der Waals surface area contributed by atoms with Gasteiger partial charge in [-0.25, -0.2) is 4.98 Å². The summed E-state index contributed by atoms with van der Waals surface area (Å²) in [4.78, 5) is 28.5. The Morgan fingerprint density at radius 3 is 2.85 bits per heavy atom. The first-order chi connectivity index (χ1) is 12.7. The largest absolute Gasteiger partial charge is 0.382 e. The van der Waals surface area contributed by atoms with E-state index in [-0.39, 0.29) is 5.91 Å². The average molecular weight is 353 g/mol. The van der Waals surface area contributed by atoms with Gasteiger partial charge in [0.1, 0.15) is 5.82 Å². The normalized spacial score (nSPS) is 20.7. The zero-order chi connectivity index (χ0) is 17.9. The van der Waals surface area contributed by atoms with E-state index < -0.39 is 6.10 Å². The summed E-state index contributed by atoms with van der Waals surface area (Å²) in [6.07, 6.45) is 9.56. The van der Waals surface area contributed by atoms with E-state index >= 15 is 0 Å². The molecule has 4 heterocycles. The zero-order valence-corrected chi connectivity index (χ0v) is 14.9. The fourth-order valence-corrected chi connectivity index (χ4v) is 3.69. The highest BCUT2D eigenvalue weighted by atomic mass is 16.6. The third-order valence-electron chi connectivity index (χ3n) is 5.09. The molecule has 0 radical (unpaired) electrons. The maximum Gasteiger partial charge on any atom is 0.266 e. The lowest BCUT2D eigenvalue weighted by atomic mass is 9.95. The first-order valence-electron chi connectivity index (χ1n) is 9.08. The van der Waals surface area contributed by atoms with Gasteiger partial charge in [-0.05, 0) is 31.4 Å². The van der Waals surface area contributed by atoms with E-state index in [1.165, 1.54) is 0 Å². The smallest absolute Gasteiger partial charge is 0.266 e. The third-order valence-corrected chi connectivity index (χ3v) is 5.09. The quantitative estimate of drug-likeness (QED) is 0.845. The van der Waals surface area contributed by atoms with Gasteiger partial charge >= 0.3 is 0 Å². The fourth-order valence-electron chi connectivity index (χ4n) is 3.69. The molecule has 7 heteroatoms. The maximum absolute atomic E-state index is 12.5. The molecule has 1 unspecified atom stereocenters. The van der Waals surface area contributed by atoms with Gasteiger partial charge in [-0.3, -0.25) is 9.78 Å². The Labute approximate surface area is 152 Å². The molecule has 2 aliphatic heterocycles. The van der Waals surface area contributed by atoms with Crippen molar-refractivity contribution in [2.45, 2.75) is 44.8 Å². The van der Waals surface area contributed by atoms with Crippen LogP contribution in [0.4, 0.5) is 0 Å². The molecule has 26 heavy (non-hydrogen) atoms. The summed E-state index contributed by atoms with van der Waals surface area (Å²) >= 11 is 0. The average Bonchev–Trinajstić information content (AvgIpc) is 3.31. The monoisotopic (exact) mass is 353 g/mol. The summed E-state index contributed by atoms with van der Waals surface area (Å²) in [5.41, 5.74) is 2.05. The van der Waals surface area contributed by atoms with E-state index in [1.807, 2.05) is 36.5 Å². The molecule has 1 amide bonds. The molecule has 0 aliphatic carbocycles. The molecule has 0 bridgehead atoms. The summed E-state index contributed by atoms with van der Waals surface area (Å²) in [5, 5.41) is 3.89. The topological polar surface area (TPSA) is 72.6 Å². The number of pyridine rings is 1. The minimum Gasteiger partial charge on any atom is -0.382 e. The van der Waals surface area contributed by atoms with Crippen molar-refractivity contribution < 1.29 is 9.63 Å². The number of hydrogen-bond donors (Lipinski definition) is 0. The molecule has 1 atom stereocenters. The van der Waals surface area contributed by atoms with Crippen molar-refractivity contribution >= 4 is 11.6 Å². The Kier molecular flexibility index (Phi) is 4.69. The highest BCUT2D eigenvalue weighted by molar-refractivity contribution is 5.91. The van der Waals surface area contributed by atoms with Gasteiger partial charge in [-0.15, -0.1) is 0 Å². The highest BCUT2D eigenvalue weighted by Crippen LogP contribution is 2.28. The second-order valence-corrected chi connectivity index (χ2v) is 7.00. The summed E-state index contributed by atoms with van der Waals surface area (Å²) in [6, 6.07) is 4.02. The molecule has 1 saturated heterocycles. The number of aromatic nitrogens is 3. The van der Waals surface area contributed by atoms with Gasteiger partial charge in [0, 0.05) is 50.2 Å². The van der Waals surface area contributed by atoms with Crippen LogP contribution in [0.15, 0.2) is 42.1 Å². The van der Waals surface area contributed by atoms with Crippen LogP contribution in [0, 0.1) is 0 Å². The van der Waals surface area contributed by atoms with Crippen LogP contribution in [0.1, 0.15) is 43.5 Å². The van der Waals surface area contributed by atoms with Crippen molar-refractivity contribution in [3.63, 3.8) is 0 Å². The highest BCUT2D eigenvalue weighted by Gasteiger charge is 2.33. The molecule has 1 fully saturated rings. The van der Waals surface area contributed by atoms with Gasteiger partial charge in [0.15, 0.2) is 0 Å². The SMILES string of the molecule is CC1=NOC(C(=O)N2CCC(c3nccn3Cc3cccnc3)CC2)C1. The van der Waals surface area contributed by atoms with Crippen LogP contribution < -0.4 is 0 Å². The van der Waals surface area contributed by atoms with Crippen LogP contribution in [0.3, 0.4) is 0 Å². The lowest BCUT2D eigenvalue weighted by molar-refractivity contribution is -0.143. The van der Waals surface area contributed by atoms with E-state index in [0.717, 1.165) is 49.6 Å². The van der Waals surface area contributed by atoms with Gasteiger partial charge in [0.2, 0.25) is 6.10 Å². The summed E-state index contributed by atoms with van der Waals surface area (Å²) < 4.78 is 2.19. The lowest BCUT2D eigenvalue weighted by Gasteiger charge is -2.32. The fraction of sp³-hybridized carbons (Fsp3) is 0.474. The Balaban J connectivity index is 1.37. The van der Waals surface area contributed by atoms with Gasteiger partial charge in [0.25, 0.3) is 5.91 Å². The van der Waals surface area contributed by atoms with Crippen molar-refractivity contribution in [3.8, 4) is 0 Å². The van der Waals surface area contributed by atoms with Gasteiger partial charge in [-0.2, -0.15) is 0 Å². The molecular formula is C19H23N5O2. The van der Waals surface area contributed by atoms with Crippen molar-refractivity contribution in [3.05, 3.63) is 48.3 Å². The van der Waals surface area contributed by atoms with Crippen molar-refractivity contribution in [1.29, 1.82) is 0 Å². The number of piperidine rings is 1. The number of amides is 1. The third kappa shape index (κ3) is 3.47.